The fraction of sp³-hybridized carbons (Fsp3) is 0.200. The first-order valence-electron chi connectivity index (χ1n) is 5.65. The van der Waals surface area contributed by atoms with E-state index in [9.17, 15) is 5.11 Å². The molecule has 0 unspecified atom stereocenters. The van der Waals surface area contributed by atoms with Crippen molar-refractivity contribution >= 4 is 0 Å². The summed E-state index contributed by atoms with van der Waals surface area (Å²) in [7, 11) is 0. The van der Waals surface area contributed by atoms with Crippen LogP contribution in [0.5, 0.6) is 17.2 Å². The van der Waals surface area contributed by atoms with Crippen LogP contribution in [0.25, 0.3) is 0 Å². The lowest BCUT2D eigenvalue weighted by Gasteiger charge is -1.99. The molecule has 0 saturated heterocycles. The molecule has 0 heterocycles. The second kappa shape index (κ2) is 5.96. The van der Waals surface area contributed by atoms with Gasteiger partial charge in [-0.1, -0.05) is 24.3 Å². The van der Waals surface area contributed by atoms with Gasteiger partial charge in [0.1, 0.15) is 17.2 Å². The maximum absolute atomic E-state index is 9.21. The number of para-hydroxylation sites is 1. The van der Waals surface area contributed by atoms with E-state index in [1.54, 1.807) is 13.0 Å². The fourth-order valence-electron chi connectivity index (χ4n) is 1.40. The van der Waals surface area contributed by atoms with Gasteiger partial charge in [-0.25, -0.2) is 0 Å². The molecule has 2 aromatic rings. The summed E-state index contributed by atoms with van der Waals surface area (Å²) in [4.78, 5) is 0. The lowest BCUT2D eigenvalue weighted by Crippen LogP contribution is -1.76. The molecule has 3 nitrogen and oxygen atoms in total. The Morgan fingerprint density at radius 1 is 0.722 bits per heavy atom. The first-order chi connectivity index (χ1) is 8.41. The van der Waals surface area contributed by atoms with Gasteiger partial charge in [-0.3, -0.25) is 0 Å². The number of benzene rings is 2. The van der Waals surface area contributed by atoms with Crippen molar-refractivity contribution in [3.63, 3.8) is 0 Å². The van der Waals surface area contributed by atoms with Gasteiger partial charge in [0.05, 0.1) is 0 Å². The predicted molar refractivity (Wildman–Crippen MR) is 72.1 cm³/mol. The van der Waals surface area contributed by atoms with E-state index in [2.05, 4.69) is 0 Å². The third kappa shape index (κ3) is 3.70. The Kier molecular flexibility index (Phi) is 4.60. The molecule has 2 rings (SSSR count). The Hall–Kier alpha value is -2.16. The molecule has 0 aromatic heterocycles. The minimum atomic E-state index is 0.0955. The molecular weight excluding hydrogens is 228 g/mol. The Bertz CT molecular complexity index is 513. The van der Waals surface area contributed by atoms with E-state index >= 15 is 0 Å². The molecule has 3 N–H and O–H groups in total. The molecule has 0 fully saturated rings. The van der Waals surface area contributed by atoms with E-state index in [-0.39, 0.29) is 11.5 Å². The molecule has 0 spiro atoms. The van der Waals surface area contributed by atoms with Crippen molar-refractivity contribution in [3.8, 4) is 17.2 Å². The number of aromatic hydroxyl groups is 3. The zero-order valence-corrected chi connectivity index (χ0v) is 10.8. The summed E-state index contributed by atoms with van der Waals surface area (Å²) in [6.45, 7) is 5.56. The van der Waals surface area contributed by atoms with Gasteiger partial charge in [0.15, 0.2) is 0 Å². The highest BCUT2D eigenvalue weighted by molar-refractivity contribution is 5.38. The van der Waals surface area contributed by atoms with Gasteiger partial charge < -0.3 is 15.3 Å². The van der Waals surface area contributed by atoms with E-state index in [0.29, 0.717) is 5.75 Å². The van der Waals surface area contributed by atoms with Crippen LogP contribution in [0.15, 0.2) is 36.4 Å². The number of hydrogen-bond acceptors (Lipinski definition) is 3. The van der Waals surface area contributed by atoms with Crippen molar-refractivity contribution in [3.05, 3.63) is 53.1 Å². The molecule has 0 saturated carbocycles. The van der Waals surface area contributed by atoms with Crippen molar-refractivity contribution < 1.29 is 15.3 Å². The van der Waals surface area contributed by atoms with Crippen LogP contribution in [0.4, 0.5) is 0 Å². The summed E-state index contributed by atoms with van der Waals surface area (Å²) >= 11 is 0. The number of aryl methyl sites for hydroxylation is 3. The molecule has 0 aliphatic heterocycles. The molecule has 0 bridgehead atoms. The topological polar surface area (TPSA) is 60.7 Å². The van der Waals surface area contributed by atoms with E-state index in [4.69, 9.17) is 10.2 Å². The van der Waals surface area contributed by atoms with Crippen LogP contribution in [0.1, 0.15) is 16.7 Å². The van der Waals surface area contributed by atoms with Crippen molar-refractivity contribution in [2.75, 3.05) is 0 Å². The van der Waals surface area contributed by atoms with Crippen molar-refractivity contribution in [2.24, 2.45) is 0 Å². The highest BCUT2D eigenvalue weighted by atomic mass is 16.3. The zero-order chi connectivity index (χ0) is 13.7. The van der Waals surface area contributed by atoms with Gasteiger partial charge in [0.2, 0.25) is 0 Å². The SMILES string of the molecule is Cc1ccc(O)cc1O.Cc1cccc(C)c1O. The molecule has 18 heavy (non-hydrogen) atoms. The third-order valence-electron chi connectivity index (χ3n) is 2.63. The highest BCUT2D eigenvalue weighted by Crippen LogP contribution is 2.20. The van der Waals surface area contributed by atoms with E-state index in [1.807, 2.05) is 32.0 Å². The second-order valence-corrected chi connectivity index (χ2v) is 4.21. The lowest BCUT2D eigenvalue weighted by atomic mass is 10.1. The minimum Gasteiger partial charge on any atom is -0.508 e. The Labute approximate surface area is 107 Å². The van der Waals surface area contributed by atoms with Crippen molar-refractivity contribution in [1.29, 1.82) is 0 Å². The summed E-state index contributed by atoms with van der Waals surface area (Å²) in [6, 6.07) is 10.2. The molecule has 96 valence electrons. The zero-order valence-electron chi connectivity index (χ0n) is 10.8. The molecule has 0 amide bonds. The molecule has 0 aliphatic rings. The fourth-order valence-corrected chi connectivity index (χ4v) is 1.40. The Morgan fingerprint density at radius 3 is 1.67 bits per heavy atom. The molecule has 0 radical (unpaired) electrons. The monoisotopic (exact) mass is 246 g/mol. The number of rotatable bonds is 0. The molecule has 2 aromatic carbocycles. The highest BCUT2D eigenvalue weighted by Gasteiger charge is 1.95. The maximum atomic E-state index is 9.21. The summed E-state index contributed by atoms with van der Waals surface area (Å²) in [5.74, 6) is 0.644. The second-order valence-electron chi connectivity index (χ2n) is 4.21. The lowest BCUT2D eigenvalue weighted by molar-refractivity contribution is 0.448. The van der Waals surface area contributed by atoms with E-state index in [0.717, 1.165) is 16.7 Å². The predicted octanol–water partition coefficient (Wildman–Crippen LogP) is 3.42. The molecule has 0 aliphatic carbocycles. The van der Waals surface area contributed by atoms with E-state index in [1.165, 1.54) is 12.1 Å². The first-order valence-corrected chi connectivity index (χ1v) is 5.65. The number of phenols is 3. The van der Waals surface area contributed by atoms with Crippen LogP contribution in [0.2, 0.25) is 0 Å². The molecule has 3 heteroatoms. The minimum absolute atomic E-state index is 0.0955. The smallest absolute Gasteiger partial charge is 0.122 e. The Balaban J connectivity index is 0.000000180. The summed E-state index contributed by atoms with van der Waals surface area (Å²) in [5, 5.41) is 26.9. The number of phenolic OH excluding ortho intramolecular Hbond substituents is 3. The van der Waals surface area contributed by atoms with Gasteiger partial charge in [-0.2, -0.15) is 0 Å². The van der Waals surface area contributed by atoms with Crippen LogP contribution < -0.4 is 0 Å². The average molecular weight is 246 g/mol. The van der Waals surface area contributed by atoms with E-state index < -0.39 is 0 Å². The maximum Gasteiger partial charge on any atom is 0.122 e. The van der Waals surface area contributed by atoms with Gasteiger partial charge in [-0.15, -0.1) is 0 Å². The van der Waals surface area contributed by atoms with Crippen LogP contribution in [0, 0.1) is 20.8 Å². The summed E-state index contributed by atoms with van der Waals surface area (Å²) < 4.78 is 0. The average Bonchev–Trinajstić information content (AvgIpc) is 2.32. The van der Waals surface area contributed by atoms with Crippen LogP contribution in [0.3, 0.4) is 0 Å². The first kappa shape index (κ1) is 13.9. The van der Waals surface area contributed by atoms with Gasteiger partial charge in [0.25, 0.3) is 0 Å². The normalized spacial score (nSPS) is 9.50. The van der Waals surface area contributed by atoms with Crippen LogP contribution in [-0.2, 0) is 0 Å². The van der Waals surface area contributed by atoms with Crippen molar-refractivity contribution in [2.45, 2.75) is 20.8 Å². The molecular formula is C15H18O3. The molecule has 0 atom stereocenters. The third-order valence-corrected chi connectivity index (χ3v) is 2.63. The quantitative estimate of drug-likeness (QED) is 0.667. The summed E-state index contributed by atoms with van der Waals surface area (Å²) in [5.41, 5.74) is 2.65. The van der Waals surface area contributed by atoms with Crippen LogP contribution in [-0.4, -0.2) is 15.3 Å². The Morgan fingerprint density at radius 2 is 1.28 bits per heavy atom. The largest absolute Gasteiger partial charge is 0.508 e. The standard InChI is InChI=1S/C8H10O.C7H8O2/c1-6-4-3-5-7(2)8(6)9;1-5-2-3-6(8)4-7(5)9/h3-5,9H,1-2H3;2-4,8-9H,1H3. The summed E-state index contributed by atoms with van der Waals surface area (Å²) in [6.07, 6.45) is 0. The van der Waals surface area contributed by atoms with Gasteiger partial charge in [-0.05, 0) is 43.5 Å². The van der Waals surface area contributed by atoms with Gasteiger partial charge >= 0.3 is 0 Å². The van der Waals surface area contributed by atoms with Crippen LogP contribution >= 0.6 is 0 Å². The number of hydrogen-bond donors (Lipinski definition) is 3. The van der Waals surface area contributed by atoms with Gasteiger partial charge in [0, 0.05) is 6.07 Å². The van der Waals surface area contributed by atoms with Crippen molar-refractivity contribution in [1.82, 2.24) is 0 Å².